The SMILES string of the molecule is O=S(=O)(Nc1nccs1)c1cccc(-n2cccn2)c1Oc1ccccc1. The van der Waals surface area contributed by atoms with Crippen molar-refractivity contribution in [3.05, 3.63) is 78.6 Å². The van der Waals surface area contributed by atoms with Crippen molar-refractivity contribution in [2.24, 2.45) is 0 Å². The highest BCUT2D eigenvalue weighted by Crippen LogP contribution is 2.35. The van der Waals surface area contributed by atoms with Crippen molar-refractivity contribution in [2.75, 3.05) is 4.72 Å². The molecule has 4 rings (SSSR count). The lowest BCUT2D eigenvalue weighted by atomic mass is 10.3. The van der Waals surface area contributed by atoms with Crippen LogP contribution in [0.2, 0.25) is 0 Å². The van der Waals surface area contributed by atoms with E-state index < -0.39 is 10.0 Å². The van der Waals surface area contributed by atoms with Crippen LogP contribution >= 0.6 is 11.3 Å². The number of hydrogen-bond donors (Lipinski definition) is 1. The second-order valence-corrected chi connectivity index (χ2v) is 7.96. The number of thiazole rings is 1. The summed E-state index contributed by atoms with van der Waals surface area (Å²) in [6.45, 7) is 0. The molecule has 27 heavy (non-hydrogen) atoms. The third kappa shape index (κ3) is 3.69. The van der Waals surface area contributed by atoms with E-state index >= 15 is 0 Å². The van der Waals surface area contributed by atoms with E-state index in [4.69, 9.17) is 4.74 Å². The molecule has 0 unspecified atom stereocenters. The lowest BCUT2D eigenvalue weighted by molar-refractivity contribution is 0.463. The fourth-order valence-corrected chi connectivity index (χ4v) is 4.39. The van der Waals surface area contributed by atoms with Gasteiger partial charge < -0.3 is 4.74 Å². The van der Waals surface area contributed by atoms with Gasteiger partial charge in [0.2, 0.25) is 0 Å². The average Bonchev–Trinajstić information content (AvgIpc) is 3.36. The van der Waals surface area contributed by atoms with E-state index in [1.807, 2.05) is 18.2 Å². The van der Waals surface area contributed by atoms with E-state index in [1.54, 1.807) is 52.8 Å². The first-order valence-corrected chi connectivity index (χ1v) is 10.3. The van der Waals surface area contributed by atoms with E-state index in [1.165, 1.54) is 23.6 Å². The molecule has 0 aliphatic heterocycles. The van der Waals surface area contributed by atoms with Crippen LogP contribution in [0.1, 0.15) is 0 Å². The summed E-state index contributed by atoms with van der Waals surface area (Å²) in [6.07, 6.45) is 4.86. The van der Waals surface area contributed by atoms with Crippen LogP contribution in [0.3, 0.4) is 0 Å². The zero-order chi connectivity index (χ0) is 18.7. The van der Waals surface area contributed by atoms with Gasteiger partial charge in [-0.3, -0.25) is 4.72 Å². The third-order valence-corrected chi connectivity index (χ3v) is 5.80. The number of nitrogens with one attached hydrogen (secondary N) is 1. The monoisotopic (exact) mass is 398 g/mol. The first-order valence-electron chi connectivity index (χ1n) is 7.92. The van der Waals surface area contributed by atoms with Gasteiger partial charge in [-0.25, -0.2) is 18.1 Å². The molecule has 136 valence electrons. The Morgan fingerprint density at radius 2 is 1.85 bits per heavy atom. The molecule has 0 aliphatic carbocycles. The Morgan fingerprint density at radius 3 is 2.56 bits per heavy atom. The number of ether oxygens (including phenoxy) is 1. The van der Waals surface area contributed by atoms with Gasteiger partial charge in [0.1, 0.15) is 16.3 Å². The Balaban J connectivity index is 1.84. The third-order valence-electron chi connectivity index (χ3n) is 3.62. The second-order valence-electron chi connectivity index (χ2n) is 5.41. The summed E-state index contributed by atoms with van der Waals surface area (Å²) in [5.74, 6) is 0.694. The molecule has 9 heteroatoms. The van der Waals surface area contributed by atoms with Crippen molar-refractivity contribution in [1.82, 2.24) is 14.8 Å². The molecule has 0 fully saturated rings. The van der Waals surface area contributed by atoms with Gasteiger partial charge in [0.15, 0.2) is 10.9 Å². The summed E-state index contributed by atoms with van der Waals surface area (Å²) in [5.41, 5.74) is 0.505. The summed E-state index contributed by atoms with van der Waals surface area (Å²) in [7, 11) is -3.92. The topological polar surface area (TPSA) is 86.1 Å². The molecule has 7 nitrogen and oxygen atoms in total. The van der Waals surface area contributed by atoms with Crippen molar-refractivity contribution >= 4 is 26.5 Å². The molecule has 0 spiro atoms. The largest absolute Gasteiger partial charge is 0.454 e. The number of hydrogen-bond acceptors (Lipinski definition) is 6. The van der Waals surface area contributed by atoms with E-state index in [2.05, 4.69) is 14.8 Å². The van der Waals surface area contributed by atoms with Gasteiger partial charge in [-0.05, 0) is 30.3 Å². The van der Waals surface area contributed by atoms with E-state index in [9.17, 15) is 8.42 Å². The molecule has 4 aromatic rings. The van der Waals surface area contributed by atoms with Crippen LogP contribution in [0.15, 0.2) is 83.5 Å². The Bertz CT molecular complexity index is 1130. The zero-order valence-corrected chi connectivity index (χ0v) is 15.5. The fourth-order valence-electron chi connectivity index (χ4n) is 2.46. The van der Waals surface area contributed by atoms with Crippen LogP contribution in [0, 0.1) is 0 Å². The summed E-state index contributed by atoms with van der Waals surface area (Å²) in [4.78, 5) is 3.98. The van der Waals surface area contributed by atoms with Gasteiger partial charge in [0.25, 0.3) is 10.0 Å². The molecule has 0 saturated heterocycles. The molecule has 0 atom stereocenters. The minimum Gasteiger partial charge on any atom is -0.454 e. The number of rotatable bonds is 6. The van der Waals surface area contributed by atoms with Gasteiger partial charge in [0, 0.05) is 24.0 Å². The van der Waals surface area contributed by atoms with E-state index in [0.29, 0.717) is 11.4 Å². The lowest BCUT2D eigenvalue weighted by Crippen LogP contribution is -2.15. The molecule has 0 amide bonds. The Morgan fingerprint density at radius 1 is 1.00 bits per heavy atom. The molecule has 2 heterocycles. The van der Waals surface area contributed by atoms with Gasteiger partial charge in [-0.2, -0.15) is 5.10 Å². The van der Waals surface area contributed by atoms with Crippen LogP contribution in [-0.4, -0.2) is 23.2 Å². The van der Waals surface area contributed by atoms with E-state index in [-0.39, 0.29) is 15.8 Å². The maximum atomic E-state index is 13.0. The summed E-state index contributed by atoms with van der Waals surface area (Å²) >= 11 is 1.20. The number of benzene rings is 2. The van der Waals surface area contributed by atoms with Crippen molar-refractivity contribution in [2.45, 2.75) is 4.90 Å². The van der Waals surface area contributed by atoms with Crippen LogP contribution in [0.5, 0.6) is 11.5 Å². The first kappa shape index (κ1) is 17.3. The predicted octanol–water partition coefficient (Wildman–Crippen LogP) is 3.92. The quantitative estimate of drug-likeness (QED) is 0.532. The number of para-hydroxylation sites is 2. The molecular weight excluding hydrogens is 384 g/mol. The Hall–Kier alpha value is -3.17. The van der Waals surface area contributed by atoms with Crippen LogP contribution in [0.25, 0.3) is 5.69 Å². The van der Waals surface area contributed by atoms with E-state index in [0.717, 1.165) is 0 Å². The Kier molecular flexibility index (Phi) is 4.61. The summed E-state index contributed by atoms with van der Waals surface area (Å²) in [5, 5.41) is 6.18. The normalized spacial score (nSPS) is 11.3. The van der Waals surface area contributed by atoms with Gasteiger partial charge in [-0.1, -0.05) is 24.3 Å². The fraction of sp³-hybridized carbons (Fsp3) is 0. The minimum atomic E-state index is -3.92. The van der Waals surface area contributed by atoms with Crippen molar-refractivity contribution in [1.29, 1.82) is 0 Å². The standard InChI is InChI=1S/C18H14N4O3S2/c23-27(24,21-18-19-11-13-26-18)16-9-4-8-15(22-12-5-10-20-22)17(16)25-14-6-2-1-3-7-14/h1-13H,(H,19,21). The van der Waals surface area contributed by atoms with Crippen LogP contribution in [-0.2, 0) is 10.0 Å². The highest BCUT2D eigenvalue weighted by atomic mass is 32.2. The molecule has 0 aliphatic rings. The molecule has 2 aromatic heterocycles. The zero-order valence-electron chi connectivity index (χ0n) is 13.9. The second kappa shape index (κ2) is 7.22. The summed E-state index contributed by atoms with van der Waals surface area (Å²) < 4.78 is 36.0. The minimum absolute atomic E-state index is 0.00504. The molecule has 2 aromatic carbocycles. The number of sulfonamides is 1. The number of nitrogens with zero attached hydrogens (tertiary/aromatic N) is 3. The highest BCUT2D eigenvalue weighted by molar-refractivity contribution is 7.93. The van der Waals surface area contributed by atoms with Gasteiger partial charge >= 0.3 is 0 Å². The van der Waals surface area contributed by atoms with Gasteiger partial charge in [0.05, 0.1) is 0 Å². The Labute approximate surface area is 159 Å². The van der Waals surface area contributed by atoms with Gasteiger partial charge in [-0.15, -0.1) is 11.3 Å². The molecular formula is C18H14N4O3S2. The maximum Gasteiger partial charge on any atom is 0.267 e. The smallest absolute Gasteiger partial charge is 0.267 e. The number of anilines is 1. The molecule has 0 bridgehead atoms. The molecule has 1 N–H and O–H groups in total. The molecule has 0 saturated carbocycles. The summed E-state index contributed by atoms with van der Waals surface area (Å²) in [6, 6.07) is 15.6. The first-order chi connectivity index (χ1) is 13.1. The molecule has 0 radical (unpaired) electrons. The van der Waals surface area contributed by atoms with Crippen molar-refractivity contribution < 1.29 is 13.2 Å². The predicted molar refractivity (Wildman–Crippen MR) is 103 cm³/mol. The average molecular weight is 398 g/mol. The van der Waals surface area contributed by atoms with Crippen molar-refractivity contribution in [3.8, 4) is 17.2 Å². The van der Waals surface area contributed by atoms with Crippen LogP contribution in [0.4, 0.5) is 5.13 Å². The van der Waals surface area contributed by atoms with Crippen LogP contribution < -0.4 is 9.46 Å². The van der Waals surface area contributed by atoms with Crippen molar-refractivity contribution in [3.63, 3.8) is 0 Å². The lowest BCUT2D eigenvalue weighted by Gasteiger charge is -2.16. The number of aromatic nitrogens is 3. The highest BCUT2D eigenvalue weighted by Gasteiger charge is 2.24. The maximum absolute atomic E-state index is 13.0.